The molecule has 2 heterocycles. The molecule has 0 amide bonds. The van der Waals surface area contributed by atoms with Crippen LogP contribution in [0.4, 0.5) is 0 Å². The topological polar surface area (TPSA) is 43.8 Å². The van der Waals surface area contributed by atoms with Crippen molar-refractivity contribution in [3.63, 3.8) is 0 Å². The predicted molar refractivity (Wildman–Crippen MR) is 92.4 cm³/mol. The molecule has 1 aromatic heterocycles. The zero-order chi connectivity index (χ0) is 16.9. The highest BCUT2D eigenvalue weighted by Gasteiger charge is 2.21. The summed E-state index contributed by atoms with van der Waals surface area (Å²) >= 11 is 0. The average Bonchev–Trinajstić information content (AvgIpc) is 3.07. The second-order valence-corrected chi connectivity index (χ2v) is 6.04. The van der Waals surface area contributed by atoms with E-state index in [2.05, 4.69) is 29.8 Å². The number of benzene rings is 1. The van der Waals surface area contributed by atoms with Gasteiger partial charge in [0.25, 0.3) is 0 Å². The highest BCUT2D eigenvalue weighted by molar-refractivity contribution is 5.51. The van der Waals surface area contributed by atoms with Gasteiger partial charge in [-0.25, -0.2) is 0 Å². The lowest BCUT2D eigenvalue weighted by atomic mass is 10.1. The van der Waals surface area contributed by atoms with Crippen LogP contribution in [0.25, 0.3) is 0 Å². The number of pyridine rings is 1. The lowest BCUT2D eigenvalue weighted by Gasteiger charge is -2.29. The number of aromatic nitrogens is 1. The standard InChI is InChI=1S/C19H24N2O3/c1-4-14(2)21(11-15-6-5-7-20-10-15)12-16-8-18-19(24-13-23-18)9-17(16)22-3/h5-10,14H,4,11-13H2,1-3H3/t14-/m0/s1. The molecule has 0 bridgehead atoms. The highest BCUT2D eigenvalue weighted by atomic mass is 16.7. The SMILES string of the molecule is CC[C@H](C)N(Cc1cccnc1)Cc1cc2c(cc1OC)OCO2. The first kappa shape index (κ1) is 16.6. The highest BCUT2D eigenvalue weighted by Crippen LogP contribution is 2.38. The lowest BCUT2D eigenvalue weighted by Crippen LogP contribution is -2.31. The van der Waals surface area contributed by atoms with E-state index in [9.17, 15) is 0 Å². The molecular weight excluding hydrogens is 304 g/mol. The molecular formula is C19H24N2O3. The number of rotatable bonds is 7. The molecule has 0 radical (unpaired) electrons. The first-order chi connectivity index (χ1) is 11.7. The van der Waals surface area contributed by atoms with Crippen molar-refractivity contribution in [2.75, 3.05) is 13.9 Å². The summed E-state index contributed by atoms with van der Waals surface area (Å²) in [5.74, 6) is 2.37. The fourth-order valence-electron chi connectivity index (χ4n) is 2.85. The summed E-state index contributed by atoms with van der Waals surface area (Å²) in [6.45, 7) is 6.35. The monoisotopic (exact) mass is 328 g/mol. The number of hydrogen-bond donors (Lipinski definition) is 0. The van der Waals surface area contributed by atoms with Crippen LogP contribution in [-0.2, 0) is 13.1 Å². The maximum absolute atomic E-state index is 5.56. The maximum Gasteiger partial charge on any atom is 0.231 e. The van der Waals surface area contributed by atoms with E-state index in [-0.39, 0.29) is 6.79 Å². The van der Waals surface area contributed by atoms with Crippen molar-refractivity contribution in [1.29, 1.82) is 0 Å². The molecule has 0 aliphatic carbocycles. The van der Waals surface area contributed by atoms with E-state index in [0.29, 0.717) is 6.04 Å². The van der Waals surface area contributed by atoms with Gasteiger partial charge in [0, 0.05) is 43.2 Å². The number of fused-ring (bicyclic) bond motifs is 1. The molecule has 1 atom stereocenters. The summed E-state index contributed by atoms with van der Waals surface area (Å²) in [5, 5.41) is 0. The van der Waals surface area contributed by atoms with Crippen molar-refractivity contribution < 1.29 is 14.2 Å². The molecule has 0 unspecified atom stereocenters. The van der Waals surface area contributed by atoms with Crippen molar-refractivity contribution in [1.82, 2.24) is 9.88 Å². The molecule has 0 N–H and O–H groups in total. The normalized spacial score (nSPS) is 14.0. The Bertz CT molecular complexity index is 676. The third-order valence-corrected chi connectivity index (χ3v) is 4.47. The van der Waals surface area contributed by atoms with E-state index in [0.717, 1.165) is 42.3 Å². The van der Waals surface area contributed by atoms with Crippen LogP contribution in [0.2, 0.25) is 0 Å². The Kier molecular flexibility index (Phi) is 5.20. The molecule has 128 valence electrons. The Hall–Kier alpha value is -2.27. The Balaban J connectivity index is 1.84. The quantitative estimate of drug-likeness (QED) is 0.777. The summed E-state index contributed by atoms with van der Waals surface area (Å²) < 4.78 is 16.5. The summed E-state index contributed by atoms with van der Waals surface area (Å²) in [4.78, 5) is 6.65. The Morgan fingerprint density at radius 1 is 1.25 bits per heavy atom. The van der Waals surface area contributed by atoms with Gasteiger partial charge in [0.15, 0.2) is 11.5 Å². The van der Waals surface area contributed by atoms with Gasteiger partial charge in [-0.15, -0.1) is 0 Å². The van der Waals surface area contributed by atoms with Gasteiger partial charge in [0.1, 0.15) is 5.75 Å². The summed E-state index contributed by atoms with van der Waals surface area (Å²) in [7, 11) is 1.69. The smallest absolute Gasteiger partial charge is 0.231 e. The Morgan fingerprint density at radius 2 is 2.04 bits per heavy atom. The molecule has 2 aromatic rings. The van der Waals surface area contributed by atoms with Gasteiger partial charge in [0.2, 0.25) is 6.79 Å². The maximum atomic E-state index is 5.56. The molecule has 0 fully saturated rings. The first-order valence-corrected chi connectivity index (χ1v) is 8.30. The minimum Gasteiger partial charge on any atom is -0.496 e. The Morgan fingerprint density at radius 3 is 2.71 bits per heavy atom. The van der Waals surface area contributed by atoms with Gasteiger partial charge in [-0.05, 0) is 31.0 Å². The largest absolute Gasteiger partial charge is 0.496 e. The second kappa shape index (κ2) is 7.53. The van der Waals surface area contributed by atoms with Gasteiger partial charge in [-0.3, -0.25) is 9.88 Å². The molecule has 0 spiro atoms. The lowest BCUT2D eigenvalue weighted by molar-refractivity contribution is 0.173. The first-order valence-electron chi connectivity index (χ1n) is 8.30. The van der Waals surface area contributed by atoms with Crippen molar-refractivity contribution in [3.05, 3.63) is 47.8 Å². The fraction of sp³-hybridized carbons (Fsp3) is 0.421. The molecule has 1 aliphatic rings. The second-order valence-electron chi connectivity index (χ2n) is 6.04. The summed E-state index contributed by atoms with van der Waals surface area (Å²) in [6, 6.07) is 8.47. The molecule has 24 heavy (non-hydrogen) atoms. The van der Waals surface area contributed by atoms with Crippen LogP contribution in [0, 0.1) is 0 Å². The van der Waals surface area contributed by atoms with Crippen LogP contribution in [0.3, 0.4) is 0 Å². The molecule has 1 aromatic carbocycles. The fourth-order valence-corrected chi connectivity index (χ4v) is 2.85. The minimum absolute atomic E-state index is 0.271. The molecule has 1 aliphatic heterocycles. The van der Waals surface area contributed by atoms with E-state index < -0.39 is 0 Å². The zero-order valence-electron chi connectivity index (χ0n) is 14.5. The number of ether oxygens (including phenoxy) is 3. The van der Waals surface area contributed by atoms with Crippen molar-refractivity contribution in [3.8, 4) is 17.2 Å². The van der Waals surface area contributed by atoms with E-state index in [1.807, 2.05) is 24.4 Å². The van der Waals surface area contributed by atoms with Crippen molar-refractivity contribution in [2.24, 2.45) is 0 Å². The molecule has 0 saturated carbocycles. The van der Waals surface area contributed by atoms with Crippen LogP contribution in [0.5, 0.6) is 17.2 Å². The Labute approximate surface area is 143 Å². The van der Waals surface area contributed by atoms with E-state index >= 15 is 0 Å². The summed E-state index contributed by atoms with van der Waals surface area (Å²) in [6.07, 6.45) is 4.80. The molecule has 5 heteroatoms. The van der Waals surface area contributed by atoms with E-state index in [1.165, 1.54) is 5.56 Å². The minimum atomic E-state index is 0.271. The number of hydrogen-bond acceptors (Lipinski definition) is 5. The average molecular weight is 328 g/mol. The van der Waals surface area contributed by atoms with Crippen LogP contribution in [0.1, 0.15) is 31.4 Å². The van der Waals surface area contributed by atoms with E-state index in [1.54, 1.807) is 13.3 Å². The van der Waals surface area contributed by atoms with Crippen LogP contribution in [0.15, 0.2) is 36.7 Å². The molecule has 3 rings (SSSR count). The van der Waals surface area contributed by atoms with Gasteiger partial charge < -0.3 is 14.2 Å². The third-order valence-electron chi connectivity index (χ3n) is 4.47. The molecule has 0 saturated heterocycles. The van der Waals surface area contributed by atoms with Gasteiger partial charge in [-0.1, -0.05) is 13.0 Å². The van der Waals surface area contributed by atoms with Crippen LogP contribution in [-0.4, -0.2) is 29.8 Å². The van der Waals surface area contributed by atoms with Crippen molar-refractivity contribution >= 4 is 0 Å². The predicted octanol–water partition coefficient (Wildman–Crippen LogP) is 3.62. The van der Waals surface area contributed by atoms with Gasteiger partial charge >= 0.3 is 0 Å². The van der Waals surface area contributed by atoms with Crippen LogP contribution < -0.4 is 14.2 Å². The van der Waals surface area contributed by atoms with Crippen LogP contribution >= 0.6 is 0 Å². The van der Waals surface area contributed by atoms with Gasteiger partial charge in [0.05, 0.1) is 7.11 Å². The number of nitrogens with zero attached hydrogens (tertiary/aromatic N) is 2. The van der Waals surface area contributed by atoms with Crippen molar-refractivity contribution in [2.45, 2.75) is 39.4 Å². The zero-order valence-corrected chi connectivity index (χ0v) is 14.5. The van der Waals surface area contributed by atoms with Gasteiger partial charge in [-0.2, -0.15) is 0 Å². The third kappa shape index (κ3) is 3.62. The van der Waals surface area contributed by atoms with E-state index in [4.69, 9.17) is 14.2 Å². The molecule has 5 nitrogen and oxygen atoms in total. The summed E-state index contributed by atoms with van der Waals surface area (Å²) in [5.41, 5.74) is 2.31. The number of methoxy groups -OCH3 is 1.